The Morgan fingerprint density at radius 1 is 1.67 bits per heavy atom. The Balaban J connectivity index is 3.10. The molecule has 3 heteroatoms. The van der Waals surface area contributed by atoms with Crippen LogP contribution in [0.1, 0.15) is 25.4 Å². The molecule has 1 heterocycles. The molecule has 62 valence electrons. The number of hydrogen-bond acceptors (Lipinski definition) is 2. The fourth-order valence-corrected chi connectivity index (χ4v) is 0.927. The molecule has 0 bridgehead atoms. The van der Waals surface area contributed by atoms with Gasteiger partial charge in [-0.05, 0) is 19.9 Å². The van der Waals surface area contributed by atoms with Crippen molar-refractivity contribution in [3.63, 3.8) is 0 Å². The maximum Gasteiger partial charge on any atom is 0.159 e. The van der Waals surface area contributed by atoms with E-state index in [1.54, 1.807) is 6.20 Å². The Morgan fingerprint density at radius 2 is 2.33 bits per heavy atom. The van der Waals surface area contributed by atoms with Crippen molar-refractivity contribution < 1.29 is 0 Å². The van der Waals surface area contributed by atoms with Crippen molar-refractivity contribution in [2.24, 2.45) is 7.05 Å². The van der Waals surface area contributed by atoms with Crippen molar-refractivity contribution in [3.05, 3.63) is 23.3 Å². The summed E-state index contributed by atoms with van der Waals surface area (Å²) in [4.78, 5) is 4.09. The van der Waals surface area contributed by atoms with Crippen molar-refractivity contribution in [2.75, 3.05) is 0 Å². The number of hydrogen-bond donors (Lipinski definition) is 0. The van der Waals surface area contributed by atoms with Gasteiger partial charge < -0.3 is 4.57 Å². The first kappa shape index (κ1) is 8.54. The average Bonchev–Trinajstić information content (AvgIpc) is 2.31. The molecule has 0 aliphatic carbocycles. The van der Waals surface area contributed by atoms with E-state index in [0.29, 0.717) is 5.69 Å². The van der Waals surface area contributed by atoms with Crippen LogP contribution >= 0.6 is 0 Å². The average molecular weight is 161 g/mol. The van der Waals surface area contributed by atoms with Gasteiger partial charge in [-0.2, -0.15) is 5.26 Å². The third kappa shape index (κ3) is 1.73. The first-order chi connectivity index (χ1) is 5.63. The Kier molecular flexibility index (Phi) is 2.29. The van der Waals surface area contributed by atoms with E-state index in [1.807, 2.05) is 37.6 Å². The molecule has 0 N–H and O–H groups in total. The molecule has 3 nitrogen and oxygen atoms in total. The monoisotopic (exact) mass is 161 g/mol. The second-order valence-electron chi connectivity index (χ2n) is 2.93. The Labute approximate surface area is 72.0 Å². The SMILES string of the molecule is CC(C)=Cc1nc(C#N)cn1C. The zero-order valence-electron chi connectivity index (χ0n) is 7.50. The molecule has 0 aliphatic rings. The van der Waals surface area contributed by atoms with Gasteiger partial charge in [-0.3, -0.25) is 0 Å². The van der Waals surface area contributed by atoms with Gasteiger partial charge in [-0.1, -0.05) is 5.57 Å². The van der Waals surface area contributed by atoms with E-state index in [-0.39, 0.29) is 0 Å². The fraction of sp³-hybridized carbons (Fsp3) is 0.333. The highest BCUT2D eigenvalue weighted by atomic mass is 15.0. The smallest absolute Gasteiger partial charge is 0.159 e. The third-order valence-corrected chi connectivity index (χ3v) is 1.44. The van der Waals surface area contributed by atoms with Gasteiger partial charge in [0.05, 0.1) is 0 Å². The third-order valence-electron chi connectivity index (χ3n) is 1.44. The van der Waals surface area contributed by atoms with Crippen LogP contribution in [0.5, 0.6) is 0 Å². The van der Waals surface area contributed by atoms with Crippen molar-refractivity contribution in [3.8, 4) is 6.07 Å². The van der Waals surface area contributed by atoms with E-state index in [9.17, 15) is 0 Å². The highest BCUT2D eigenvalue weighted by Crippen LogP contribution is 2.05. The number of aromatic nitrogens is 2. The minimum absolute atomic E-state index is 0.463. The van der Waals surface area contributed by atoms with Gasteiger partial charge >= 0.3 is 0 Å². The van der Waals surface area contributed by atoms with Gasteiger partial charge in [0.1, 0.15) is 11.9 Å². The van der Waals surface area contributed by atoms with Crippen LogP contribution in [0.2, 0.25) is 0 Å². The maximum atomic E-state index is 8.56. The van der Waals surface area contributed by atoms with Gasteiger partial charge in [-0.25, -0.2) is 4.98 Å². The molecular formula is C9H11N3. The van der Waals surface area contributed by atoms with E-state index in [2.05, 4.69) is 4.98 Å². The van der Waals surface area contributed by atoms with E-state index < -0.39 is 0 Å². The summed E-state index contributed by atoms with van der Waals surface area (Å²) in [5, 5.41) is 8.56. The first-order valence-corrected chi connectivity index (χ1v) is 3.72. The quantitative estimate of drug-likeness (QED) is 0.629. The van der Waals surface area contributed by atoms with Gasteiger partial charge in [-0.15, -0.1) is 0 Å². The molecule has 0 amide bonds. The van der Waals surface area contributed by atoms with Crippen LogP contribution in [0.4, 0.5) is 0 Å². The van der Waals surface area contributed by atoms with Crippen molar-refractivity contribution in [1.82, 2.24) is 9.55 Å². The fourth-order valence-electron chi connectivity index (χ4n) is 0.927. The maximum absolute atomic E-state index is 8.56. The Bertz CT molecular complexity index is 348. The molecule has 1 rings (SSSR count). The van der Waals surface area contributed by atoms with Crippen LogP contribution in [0, 0.1) is 11.3 Å². The largest absolute Gasteiger partial charge is 0.333 e. The second kappa shape index (κ2) is 3.22. The van der Waals surface area contributed by atoms with Crippen LogP contribution in [0.25, 0.3) is 6.08 Å². The van der Waals surface area contributed by atoms with Crippen molar-refractivity contribution in [1.29, 1.82) is 5.26 Å². The highest BCUT2D eigenvalue weighted by Gasteiger charge is 2.00. The molecule has 12 heavy (non-hydrogen) atoms. The summed E-state index contributed by atoms with van der Waals surface area (Å²) in [5.74, 6) is 0.826. The molecule has 0 aromatic carbocycles. The van der Waals surface area contributed by atoms with Crippen LogP contribution in [-0.2, 0) is 7.05 Å². The number of nitrogens with zero attached hydrogens (tertiary/aromatic N) is 3. The molecule has 1 aromatic heterocycles. The minimum atomic E-state index is 0.463. The summed E-state index contributed by atoms with van der Waals surface area (Å²) in [7, 11) is 1.88. The molecule has 0 saturated heterocycles. The molecule has 0 fully saturated rings. The molecule has 0 saturated carbocycles. The zero-order valence-corrected chi connectivity index (χ0v) is 7.50. The standard InChI is InChI=1S/C9H11N3/c1-7(2)4-9-11-8(5-10)6-12(9)3/h4,6H,1-3H3. The van der Waals surface area contributed by atoms with Gasteiger partial charge in [0.2, 0.25) is 0 Å². The molecule has 0 radical (unpaired) electrons. The molecule has 0 spiro atoms. The Morgan fingerprint density at radius 3 is 2.75 bits per heavy atom. The highest BCUT2D eigenvalue weighted by molar-refractivity contribution is 5.45. The van der Waals surface area contributed by atoms with Crippen LogP contribution in [0.3, 0.4) is 0 Å². The van der Waals surface area contributed by atoms with Gasteiger partial charge in [0.25, 0.3) is 0 Å². The number of allylic oxidation sites excluding steroid dienone is 1. The lowest BCUT2D eigenvalue weighted by Crippen LogP contribution is -1.89. The molecular weight excluding hydrogens is 150 g/mol. The minimum Gasteiger partial charge on any atom is -0.333 e. The number of nitriles is 1. The summed E-state index contributed by atoms with van der Waals surface area (Å²) in [5.41, 5.74) is 1.64. The van der Waals surface area contributed by atoms with E-state index in [1.165, 1.54) is 5.57 Å². The van der Waals surface area contributed by atoms with Crippen molar-refractivity contribution in [2.45, 2.75) is 13.8 Å². The second-order valence-corrected chi connectivity index (χ2v) is 2.93. The Hall–Kier alpha value is -1.56. The number of imidazole rings is 1. The summed E-state index contributed by atoms with van der Waals surface area (Å²) in [6, 6.07) is 2.00. The predicted molar refractivity (Wildman–Crippen MR) is 47.2 cm³/mol. The van der Waals surface area contributed by atoms with Crippen molar-refractivity contribution >= 4 is 6.08 Å². The summed E-state index contributed by atoms with van der Waals surface area (Å²) in [6.07, 6.45) is 3.66. The van der Waals surface area contributed by atoms with Crippen LogP contribution in [0.15, 0.2) is 11.8 Å². The number of aryl methyl sites for hydroxylation is 1. The predicted octanol–water partition coefficient (Wildman–Crippen LogP) is 1.71. The topological polar surface area (TPSA) is 41.6 Å². The van der Waals surface area contributed by atoms with E-state index >= 15 is 0 Å². The molecule has 0 unspecified atom stereocenters. The molecule has 0 atom stereocenters. The number of rotatable bonds is 1. The summed E-state index contributed by atoms with van der Waals surface area (Å²) in [6.45, 7) is 4.00. The lowest BCUT2D eigenvalue weighted by atomic mass is 10.3. The van der Waals surface area contributed by atoms with Gasteiger partial charge in [0, 0.05) is 13.2 Å². The summed E-state index contributed by atoms with van der Waals surface area (Å²) < 4.78 is 1.84. The first-order valence-electron chi connectivity index (χ1n) is 3.72. The molecule has 0 aliphatic heterocycles. The summed E-state index contributed by atoms with van der Waals surface area (Å²) >= 11 is 0. The van der Waals surface area contributed by atoms with E-state index in [0.717, 1.165) is 5.82 Å². The van der Waals surface area contributed by atoms with Gasteiger partial charge in [0.15, 0.2) is 5.69 Å². The lowest BCUT2D eigenvalue weighted by molar-refractivity contribution is 0.896. The van der Waals surface area contributed by atoms with Crippen LogP contribution in [-0.4, -0.2) is 9.55 Å². The van der Waals surface area contributed by atoms with E-state index in [4.69, 9.17) is 5.26 Å². The van der Waals surface area contributed by atoms with Crippen LogP contribution < -0.4 is 0 Å². The normalized spacial score (nSPS) is 9.17. The zero-order chi connectivity index (χ0) is 9.14. The lowest BCUT2D eigenvalue weighted by Gasteiger charge is -1.93. The molecule has 1 aromatic rings.